The quantitative estimate of drug-likeness (QED) is 0.161. The summed E-state index contributed by atoms with van der Waals surface area (Å²) in [6, 6.07) is 73.6. The van der Waals surface area contributed by atoms with E-state index in [1.54, 1.807) is 0 Å². The molecule has 1 aliphatic carbocycles. The number of thiophene rings is 1. The number of rotatable bonds is 5. The predicted molar refractivity (Wildman–Crippen MR) is 265 cm³/mol. The van der Waals surface area contributed by atoms with Crippen molar-refractivity contribution in [1.29, 1.82) is 0 Å². The van der Waals surface area contributed by atoms with E-state index in [9.17, 15) is 0 Å². The van der Waals surface area contributed by atoms with Gasteiger partial charge in [0.15, 0.2) is 0 Å². The van der Waals surface area contributed by atoms with Gasteiger partial charge in [-0.2, -0.15) is 0 Å². The van der Waals surface area contributed by atoms with Gasteiger partial charge in [0, 0.05) is 64.4 Å². The predicted octanol–water partition coefficient (Wildman–Crippen LogP) is 17.4. The van der Waals surface area contributed by atoms with E-state index in [-0.39, 0.29) is 5.41 Å². The van der Waals surface area contributed by atoms with E-state index in [0.29, 0.717) is 0 Å². The van der Waals surface area contributed by atoms with Gasteiger partial charge in [-0.05, 0) is 116 Å². The smallest absolute Gasteiger partial charge is 0.143 e. The molecule has 13 rings (SSSR count). The summed E-state index contributed by atoms with van der Waals surface area (Å²) < 4.78 is 9.59. The third-order valence-electron chi connectivity index (χ3n) is 13.5. The largest absolute Gasteiger partial charge is 0.455 e. The van der Waals surface area contributed by atoms with Crippen LogP contribution in [0, 0.1) is 0 Å². The van der Waals surface area contributed by atoms with Gasteiger partial charge in [0.1, 0.15) is 11.2 Å². The van der Waals surface area contributed by atoms with Crippen LogP contribution in [-0.2, 0) is 5.41 Å². The Kier molecular flexibility index (Phi) is 7.56. The molecule has 3 heteroatoms. The molecule has 2 heterocycles. The lowest BCUT2D eigenvalue weighted by atomic mass is 9.82. The minimum atomic E-state index is -0.116. The summed E-state index contributed by atoms with van der Waals surface area (Å²) >= 11 is 1.86. The molecule has 0 unspecified atom stereocenters. The number of nitrogens with zero attached hydrogens (tertiary/aromatic N) is 1. The zero-order chi connectivity index (χ0) is 41.1. The second-order valence-corrected chi connectivity index (χ2v) is 18.3. The van der Waals surface area contributed by atoms with Gasteiger partial charge in [-0.3, -0.25) is 0 Å². The number of furan rings is 1. The highest BCUT2D eigenvalue weighted by atomic mass is 32.1. The SMILES string of the molecule is CC1(C)c2ccccc2-c2ccc(N(c3ccc(-c4ccc5sc6ccccc6c5c4)cc3)c3ccc(-c4cccc5c4oc4c5ccc5ccc6ccccc6c54)cc3)cc21. The van der Waals surface area contributed by atoms with Crippen LogP contribution in [0.15, 0.2) is 205 Å². The highest BCUT2D eigenvalue weighted by Crippen LogP contribution is 2.51. The van der Waals surface area contributed by atoms with Gasteiger partial charge in [0.2, 0.25) is 0 Å². The van der Waals surface area contributed by atoms with Crippen LogP contribution in [-0.4, -0.2) is 0 Å². The van der Waals surface area contributed by atoms with Crippen LogP contribution in [0.25, 0.3) is 97.0 Å². The molecular weight excluding hydrogens is 771 g/mol. The van der Waals surface area contributed by atoms with Crippen molar-refractivity contribution in [2.75, 3.05) is 4.90 Å². The molecule has 62 heavy (non-hydrogen) atoms. The van der Waals surface area contributed by atoms with Gasteiger partial charge in [-0.1, -0.05) is 153 Å². The molecule has 2 aromatic heterocycles. The third kappa shape index (κ3) is 5.22. The van der Waals surface area contributed by atoms with Crippen LogP contribution in [0.2, 0.25) is 0 Å². The molecule has 10 aromatic carbocycles. The van der Waals surface area contributed by atoms with Crippen molar-refractivity contribution < 1.29 is 4.42 Å². The fourth-order valence-electron chi connectivity index (χ4n) is 10.3. The lowest BCUT2D eigenvalue weighted by Gasteiger charge is -2.28. The van der Waals surface area contributed by atoms with Gasteiger partial charge >= 0.3 is 0 Å². The Bertz CT molecular complexity index is 3770. The molecule has 0 N–H and O–H groups in total. The Morgan fingerprint density at radius 1 is 0.387 bits per heavy atom. The van der Waals surface area contributed by atoms with E-state index in [2.05, 4.69) is 219 Å². The zero-order valence-corrected chi connectivity index (χ0v) is 35.1. The molecule has 0 saturated carbocycles. The highest BCUT2D eigenvalue weighted by molar-refractivity contribution is 7.25. The Balaban J connectivity index is 0.930. The number of fused-ring (bicyclic) bond motifs is 13. The Hall–Kier alpha value is -7.46. The molecule has 0 radical (unpaired) electrons. The number of para-hydroxylation sites is 1. The van der Waals surface area contributed by atoms with Crippen LogP contribution in [0.4, 0.5) is 17.1 Å². The summed E-state index contributed by atoms with van der Waals surface area (Å²) in [7, 11) is 0. The lowest BCUT2D eigenvalue weighted by Crippen LogP contribution is -2.16. The van der Waals surface area contributed by atoms with Gasteiger partial charge in [-0.25, -0.2) is 0 Å². The average Bonchev–Trinajstić information content (AvgIpc) is 3.97. The van der Waals surface area contributed by atoms with Crippen LogP contribution < -0.4 is 4.90 Å². The van der Waals surface area contributed by atoms with E-state index in [0.717, 1.165) is 50.1 Å². The summed E-state index contributed by atoms with van der Waals surface area (Å²) in [5, 5.41) is 9.69. The molecule has 0 fully saturated rings. The summed E-state index contributed by atoms with van der Waals surface area (Å²) in [6.45, 7) is 4.71. The van der Waals surface area contributed by atoms with Crippen molar-refractivity contribution in [1.82, 2.24) is 0 Å². The van der Waals surface area contributed by atoms with Crippen LogP contribution >= 0.6 is 11.3 Å². The number of benzene rings is 10. The van der Waals surface area contributed by atoms with Crippen molar-refractivity contribution in [2.24, 2.45) is 0 Å². The van der Waals surface area contributed by atoms with Crippen molar-refractivity contribution in [3.8, 4) is 33.4 Å². The summed E-state index contributed by atoms with van der Waals surface area (Å²) in [5.41, 5.74) is 15.1. The third-order valence-corrected chi connectivity index (χ3v) is 14.6. The Morgan fingerprint density at radius 2 is 1.00 bits per heavy atom. The van der Waals surface area contributed by atoms with Crippen LogP contribution in [0.5, 0.6) is 0 Å². The molecule has 12 aromatic rings. The first-order chi connectivity index (χ1) is 30.5. The van der Waals surface area contributed by atoms with Gasteiger partial charge in [0.25, 0.3) is 0 Å². The second-order valence-electron chi connectivity index (χ2n) is 17.3. The summed E-state index contributed by atoms with van der Waals surface area (Å²) in [5.74, 6) is 0. The van der Waals surface area contributed by atoms with Gasteiger partial charge in [0.05, 0.1) is 0 Å². The van der Waals surface area contributed by atoms with Gasteiger partial charge < -0.3 is 9.32 Å². The molecule has 1 aliphatic rings. The molecule has 0 spiro atoms. The number of anilines is 3. The second kappa shape index (κ2) is 13.3. The monoisotopic (exact) mass is 809 g/mol. The molecule has 0 bridgehead atoms. The molecule has 2 nitrogen and oxygen atoms in total. The fourth-order valence-corrected chi connectivity index (χ4v) is 11.4. The van der Waals surface area contributed by atoms with Crippen molar-refractivity contribution in [2.45, 2.75) is 19.3 Å². The zero-order valence-electron chi connectivity index (χ0n) is 34.3. The van der Waals surface area contributed by atoms with E-state index in [1.165, 1.54) is 75.1 Å². The molecule has 0 atom stereocenters. The number of hydrogen-bond donors (Lipinski definition) is 0. The van der Waals surface area contributed by atoms with Crippen molar-refractivity contribution >= 4 is 92.1 Å². The highest BCUT2D eigenvalue weighted by Gasteiger charge is 2.35. The Labute approximate surface area is 363 Å². The first-order valence-electron chi connectivity index (χ1n) is 21.4. The Morgan fingerprint density at radius 3 is 1.85 bits per heavy atom. The van der Waals surface area contributed by atoms with E-state index < -0.39 is 0 Å². The van der Waals surface area contributed by atoms with Crippen LogP contribution in [0.1, 0.15) is 25.0 Å². The summed E-state index contributed by atoms with van der Waals surface area (Å²) in [4.78, 5) is 2.40. The van der Waals surface area contributed by atoms with Crippen LogP contribution in [0.3, 0.4) is 0 Å². The topological polar surface area (TPSA) is 16.4 Å². The first kappa shape index (κ1) is 35.3. The average molecular weight is 810 g/mol. The van der Waals surface area contributed by atoms with E-state index in [4.69, 9.17) is 4.42 Å². The maximum Gasteiger partial charge on any atom is 0.143 e. The maximum absolute atomic E-state index is 6.94. The molecule has 0 amide bonds. The molecule has 0 saturated heterocycles. The summed E-state index contributed by atoms with van der Waals surface area (Å²) in [6.07, 6.45) is 0. The van der Waals surface area contributed by atoms with Gasteiger partial charge in [-0.15, -0.1) is 11.3 Å². The van der Waals surface area contributed by atoms with E-state index in [1.807, 2.05) is 11.3 Å². The normalized spacial score (nSPS) is 13.1. The number of hydrogen-bond acceptors (Lipinski definition) is 3. The molecule has 292 valence electrons. The maximum atomic E-state index is 6.94. The lowest BCUT2D eigenvalue weighted by molar-refractivity contribution is 0.660. The van der Waals surface area contributed by atoms with Crippen molar-refractivity contribution in [3.63, 3.8) is 0 Å². The first-order valence-corrected chi connectivity index (χ1v) is 22.2. The standard InChI is InChI=1S/C59H39NOS/c1-59(2)52-16-7-5-12-46(52)47-32-30-43(35-53(47)59)60(41-26-20-36(21-27-41)40-25-33-55-51(34-40)48-13-6-8-17-54(48)62-55)42-28-22-38(23-29-42)45-14-9-15-49-50-31-24-39-19-18-37-10-3-4-11-44(37)56(39)58(50)61-57(45)49/h3-35H,1-2H3. The molecular formula is C59H39NOS. The van der Waals surface area contributed by atoms with E-state index >= 15 is 0 Å². The minimum absolute atomic E-state index is 0.116. The molecule has 0 aliphatic heterocycles. The minimum Gasteiger partial charge on any atom is -0.455 e. The fraction of sp³-hybridized carbons (Fsp3) is 0.0508. The van der Waals surface area contributed by atoms with Crippen molar-refractivity contribution in [3.05, 3.63) is 211 Å².